The Labute approximate surface area is 93.1 Å². The lowest BCUT2D eigenvalue weighted by Crippen LogP contribution is -2.19. The number of hydrogen-bond donors (Lipinski definition) is 1. The fourth-order valence-corrected chi connectivity index (χ4v) is 1.43. The van der Waals surface area contributed by atoms with E-state index in [9.17, 15) is 4.39 Å². The maximum atomic E-state index is 12.8. The van der Waals surface area contributed by atoms with E-state index in [1.807, 2.05) is 12.3 Å². The van der Waals surface area contributed by atoms with Crippen molar-refractivity contribution in [1.29, 1.82) is 0 Å². The van der Waals surface area contributed by atoms with Crippen molar-refractivity contribution < 1.29 is 4.39 Å². The first kappa shape index (κ1) is 10.8. The van der Waals surface area contributed by atoms with Crippen LogP contribution in [0.15, 0.2) is 36.7 Å². The second-order valence-corrected chi connectivity index (χ2v) is 3.47. The number of hydrogen-bond acceptors (Lipinski definition) is 3. The molecule has 1 heterocycles. The minimum absolute atomic E-state index is 0.199. The topological polar surface area (TPSA) is 42.7 Å². The number of halogens is 1. The van der Waals surface area contributed by atoms with Gasteiger partial charge in [-0.3, -0.25) is 4.68 Å². The van der Waals surface area contributed by atoms with E-state index in [4.69, 9.17) is 0 Å². The summed E-state index contributed by atoms with van der Waals surface area (Å²) < 4.78 is 14.6. The predicted molar refractivity (Wildman–Crippen MR) is 58.1 cm³/mol. The number of benzene rings is 1. The summed E-state index contributed by atoms with van der Waals surface area (Å²) in [5.74, 6) is -0.199. The largest absolute Gasteiger partial charge is 0.311 e. The van der Waals surface area contributed by atoms with Gasteiger partial charge in [0.05, 0.1) is 12.7 Å². The highest BCUT2D eigenvalue weighted by Gasteiger charge is 1.95. The normalized spacial score (nSPS) is 10.6. The average molecular weight is 220 g/mol. The van der Waals surface area contributed by atoms with Crippen LogP contribution in [0, 0.1) is 5.82 Å². The highest BCUT2D eigenvalue weighted by molar-refractivity contribution is 5.15. The van der Waals surface area contributed by atoms with E-state index in [1.54, 1.807) is 16.9 Å². The molecule has 0 radical (unpaired) electrons. The van der Waals surface area contributed by atoms with E-state index in [0.717, 1.165) is 18.7 Å². The average Bonchev–Trinajstić information content (AvgIpc) is 2.77. The maximum absolute atomic E-state index is 12.8. The molecule has 0 unspecified atom stereocenters. The molecule has 0 fully saturated rings. The molecule has 84 valence electrons. The molecule has 0 spiro atoms. The fraction of sp³-hybridized carbons (Fsp3) is 0.273. The van der Waals surface area contributed by atoms with Crippen LogP contribution in [0.4, 0.5) is 4.39 Å². The molecule has 0 amide bonds. The first-order chi connectivity index (χ1) is 7.84. The Bertz CT molecular complexity index is 427. The maximum Gasteiger partial charge on any atom is 0.123 e. The van der Waals surface area contributed by atoms with Crippen LogP contribution in [0.5, 0.6) is 0 Å². The van der Waals surface area contributed by atoms with Gasteiger partial charge in [-0.2, -0.15) is 0 Å². The van der Waals surface area contributed by atoms with Gasteiger partial charge in [0, 0.05) is 19.3 Å². The molecule has 0 saturated carbocycles. The Morgan fingerprint density at radius 1 is 1.38 bits per heavy atom. The first-order valence-corrected chi connectivity index (χ1v) is 5.14. The SMILES string of the molecule is Fc1cccc(CNCCn2ccnn2)c1. The number of nitrogens with one attached hydrogen (secondary N) is 1. The van der Waals surface area contributed by atoms with Gasteiger partial charge in [-0.15, -0.1) is 5.10 Å². The zero-order valence-electron chi connectivity index (χ0n) is 8.81. The minimum Gasteiger partial charge on any atom is -0.311 e. The third kappa shape index (κ3) is 3.13. The Morgan fingerprint density at radius 3 is 3.06 bits per heavy atom. The molecule has 1 aromatic heterocycles. The molecule has 0 atom stereocenters. The van der Waals surface area contributed by atoms with Crippen LogP contribution in [-0.2, 0) is 13.1 Å². The van der Waals surface area contributed by atoms with Gasteiger partial charge in [-0.1, -0.05) is 17.3 Å². The Kier molecular flexibility index (Phi) is 3.61. The van der Waals surface area contributed by atoms with Crippen molar-refractivity contribution in [1.82, 2.24) is 20.3 Å². The van der Waals surface area contributed by atoms with E-state index >= 15 is 0 Å². The van der Waals surface area contributed by atoms with Crippen molar-refractivity contribution in [3.05, 3.63) is 48.0 Å². The lowest BCUT2D eigenvalue weighted by molar-refractivity contribution is 0.539. The van der Waals surface area contributed by atoms with E-state index in [2.05, 4.69) is 15.6 Å². The Balaban J connectivity index is 1.72. The van der Waals surface area contributed by atoms with E-state index < -0.39 is 0 Å². The summed E-state index contributed by atoms with van der Waals surface area (Å²) in [5, 5.41) is 10.8. The van der Waals surface area contributed by atoms with Crippen LogP contribution in [0.2, 0.25) is 0 Å². The molecular weight excluding hydrogens is 207 g/mol. The number of aromatic nitrogens is 3. The summed E-state index contributed by atoms with van der Waals surface area (Å²) in [6.07, 6.45) is 3.45. The summed E-state index contributed by atoms with van der Waals surface area (Å²) in [6.45, 7) is 2.20. The van der Waals surface area contributed by atoms with Crippen molar-refractivity contribution in [2.24, 2.45) is 0 Å². The van der Waals surface area contributed by atoms with Gasteiger partial charge in [-0.05, 0) is 17.7 Å². The molecule has 2 aromatic rings. The van der Waals surface area contributed by atoms with Gasteiger partial charge in [0.1, 0.15) is 5.82 Å². The van der Waals surface area contributed by atoms with Crippen LogP contribution in [-0.4, -0.2) is 21.5 Å². The van der Waals surface area contributed by atoms with Crippen LogP contribution >= 0.6 is 0 Å². The Hall–Kier alpha value is -1.75. The molecule has 0 aliphatic heterocycles. The van der Waals surface area contributed by atoms with Crippen molar-refractivity contribution in [2.45, 2.75) is 13.1 Å². The van der Waals surface area contributed by atoms with Crippen LogP contribution in [0.1, 0.15) is 5.56 Å². The molecule has 5 heteroatoms. The highest BCUT2D eigenvalue weighted by atomic mass is 19.1. The second-order valence-electron chi connectivity index (χ2n) is 3.47. The van der Waals surface area contributed by atoms with Gasteiger partial charge in [0.25, 0.3) is 0 Å². The van der Waals surface area contributed by atoms with Gasteiger partial charge >= 0.3 is 0 Å². The molecule has 1 aromatic carbocycles. The molecule has 0 bridgehead atoms. The van der Waals surface area contributed by atoms with E-state index in [-0.39, 0.29) is 5.82 Å². The van der Waals surface area contributed by atoms with Gasteiger partial charge in [0.2, 0.25) is 0 Å². The molecule has 0 aliphatic carbocycles. The quantitative estimate of drug-likeness (QED) is 0.770. The summed E-state index contributed by atoms with van der Waals surface area (Å²) in [6, 6.07) is 6.58. The standard InChI is InChI=1S/C11H13FN4/c12-11-3-1-2-10(8-11)9-13-4-6-16-7-5-14-15-16/h1-3,5,7-8,13H,4,6,9H2. The summed E-state index contributed by atoms with van der Waals surface area (Å²) >= 11 is 0. The van der Waals surface area contributed by atoms with Crippen LogP contribution in [0.3, 0.4) is 0 Å². The van der Waals surface area contributed by atoms with Crippen LogP contribution < -0.4 is 5.32 Å². The molecule has 0 saturated heterocycles. The lowest BCUT2D eigenvalue weighted by atomic mass is 10.2. The molecule has 16 heavy (non-hydrogen) atoms. The summed E-state index contributed by atoms with van der Waals surface area (Å²) in [7, 11) is 0. The first-order valence-electron chi connectivity index (χ1n) is 5.14. The highest BCUT2D eigenvalue weighted by Crippen LogP contribution is 2.02. The second kappa shape index (κ2) is 5.37. The summed E-state index contributed by atoms with van der Waals surface area (Å²) in [4.78, 5) is 0. The van der Waals surface area contributed by atoms with Crippen molar-refractivity contribution >= 4 is 0 Å². The zero-order chi connectivity index (χ0) is 11.2. The van der Waals surface area contributed by atoms with E-state index in [1.165, 1.54) is 12.1 Å². The Morgan fingerprint density at radius 2 is 2.31 bits per heavy atom. The third-order valence-electron chi connectivity index (χ3n) is 2.21. The third-order valence-corrected chi connectivity index (χ3v) is 2.21. The van der Waals surface area contributed by atoms with Crippen molar-refractivity contribution in [3.63, 3.8) is 0 Å². The molecule has 4 nitrogen and oxygen atoms in total. The van der Waals surface area contributed by atoms with E-state index in [0.29, 0.717) is 6.54 Å². The smallest absolute Gasteiger partial charge is 0.123 e. The lowest BCUT2D eigenvalue weighted by Gasteiger charge is -2.04. The van der Waals surface area contributed by atoms with Crippen molar-refractivity contribution in [2.75, 3.05) is 6.54 Å². The molecular formula is C11H13FN4. The zero-order valence-corrected chi connectivity index (χ0v) is 8.81. The van der Waals surface area contributed by atoms with Crippen LogP contribution in [0.25, 0.3) is 0 Å². The molecule has 2 rings (SSSR count). The number of rotatable bonds is 5. The summed E-state index contributed by atoms with van der Waals surface area (Å²) in [5.41, 5.74) is 0.943. The minimum atomic E-state index is -0.199. The predicted octanol–water partition coefficient (Wildman–Crippen LogP) is 1.21. The number of nitrogens with zero attached hydrogens (tertiary/aromatic N) is 3. The van der Waals surface area contributed by atoms with Crippen molar-refractivity contribution in [3.8, 4) is 0 Å². The van der Waals surface area contributed by atoms with Gasteiger partial charge in [0.15, 0.2) is 0 Å². The molecule has 0 aliphatic rings. The fourth-order valence-electron chi connectivity index (χ4n) is 1.43. The molecule has 1 N–H and O–H groups in total. The monoisotopic (exact) mass is 220 g/mol. The van der Waals surface area contributed by atoms with Gasteiger partial charge < -0.3 is 5.32 Å². The van der Waals surface area contributed by atoms with Gasteiger partial charge in [-0.25, -0.2) is 4.39 Å².